The second-order valence-electron chi connectivity index (χ2n) is 4.65. The van der Waals surface area contributed by atoms with Gasteiger partial charge in [-0.25, -0.2) is 0 Å². The maximum atomic E-state index is 4.10. The zero-order valence-electron chi connectivity index (χ0n) is 10.9. The van der Waals surface area contributed by atoms with E-state index >= 15 is 0 Å². The molecule has 18 heavy (non-hydrogen) atoms. The van der Waals surface area contributed by atoms with Crippen molar-refractivity contribution in [3.05, 3.63) is 59.9 Å². The van der Waals surface area contributed by atoms with E-state index in [1.807, 2.05) is 12.3 Å². The van der Waals surface area contributed by atoms with Crippen LogP contribution in [-0.4, -0.2) is 24.0 Å². The summed E-state index contributed by atoms with van der Waals surface area (Å²) in [6.07, 6.45) is 3.67. The highest BCUT2D eigenvalue weighted by molar-refractivity contribution is 5.45. The van der Waals surface area contributed by atoms with Crippen LogP contribution in [0.2, 0.25) is 0 Å². The van der Waals surface area contributed by atoms with Gasteiger partial charge in [-0.1, -0.05) is 18.2 Å². The second kappa shape index (κ2) is 6.17. The first kappa shape index (κ1) is 12.6. The Morgan fingerprint density at radius 2 is 1.83 bits per heavy atom. The van der Waals surface area contributed by atoms with Crippen LogP contribution >= 0.6 is 0 Å². The van der Waals surface area contributed by atoms with E-state index in [1.165, 1.54) is 11.1 Å². The molecule has 1 aromatic carbocycles. The molecule has 2 rings (SSSR count). The van der Waals surface area contributed by atoms with E-state index in [9.17, 15) is 0 Å². The number of pyridine rings is 1. The van der Waals surface area contributed by atoms with Gasteiger partial charge in [0.2, 0.25) is 0 Å². The lowest BCUT2D eigenvalue weighted by Gasteiger charge is -2.11. The zero-order valence-corrected chi connectivity index (χ0v) is 10.9. The molecule has 1 heterocycles. The predicted molar refractivity (Wildman–Crippen MR) is 75.4 cm³/mol. The lowest BCUT2D eigenvalue weighted by atomic mass is 10.2. The third kappa shape index (κ3) is 3.86. The summed E-state index contributed by atoms with van der Waals surface area (Å²) in [7, 11) is 4.16. The molecule has 94 valence electrons. The molecule has 0 fully saturated rings. The van der Waals surface area contributed by atoms with E-state index in [4.69, 9.17) is 0 Å². The highest BCUT2D eigenvalue weighted by Gasteiger charge is 1.97. The number of aromatic nitrogens is 1. The van der Waals surface area contributed by atoms with Crippen LogP contribution in [0.15, 0.2) is 48.8 Å². The molecule has 0 saturated heterocycles. The molecule has 0 radical (unpaired) electrons. The molecule has 0 bridgehead atoms. The van der Waals surface area contributed by atoms with Crippen molar-refractivity contribution in [1.82, 2.24) is 9.88 Å². The first-order chi connectivity index (χ1) is 8.74. The molecular weight excluding hydrogens is 222 g/mol. The first-order valence-corrected chi connectivity index (χ1v) is 6.10. The Labute approximate surface area is 108 Å². The van der Waals surface area contributed by atoms with E-state index in [-0.39, 0.29) is 0 Å². The van der Waals surface area contributed by atoms with Gasteiger partial charge in [-0.3, -0.25) is 4.98 Å². The van der Waals surface area contributed by atoms with E-state index < -0.39 is 0 Å². The van der Waals surface area contributed by atoms with E-state index in [0.29, 0.717) is 0 Å². The lowest BCUT2D eigenvalue weighted by molar-refractivity contribution is 0.402. The molecule has 0 aliphatic carbocycles. The Bertz CT molecular complexity index is 463. The number of nitrogens with one attached hydrogen (secondary N) is 1. The number of nitrogens with zero attached hydrogens (tertiary/aromatic N) is 2. The van der Waals surface area contributed by atoms with E-state index in [1.54, 1.807) is 6.20 Å². The van der Waals surface area contributed by atoms with Crippen LogP contribution in [0.4, 0.5) is 5.69 Å². The Morgan fingerprint density at radius 1 is 1.06 bits per heavy atom. The Kier molecular flexibility index (Phi) is 4.31. The quantitative estimate of drug-likeness (QED) is 0.872. The summed E-state index contributed by atoms with van der Waals surface area (Å²) in [5.41, 5.74) is 3.66. The SMILES string of the molecule is CN(C)Cc1ccc(NCc2cccnc2)cc1. The second-order valence-corrected chi connectivity index (χ2v) is 4.65. The van der Waals surface area contributed by atoms with Crippen LogP contribution in [0.5, 0.6) is 0 Å². The molecule has 0 aliphatic rings. The van der Waals surface area contributed by atoms with E-state index in [2.05, 4.69) is 59.6 Å². The van der Waals surface area contributed by atoms with E-state index in [0.717, 1.165) is 18.8 Å². The summed E-state index contributed by atoms with van der Waals surface area (Å²) in [4.78, 5) is 6.26. The van der Waals surface area contributed by atoms with Crippen molar-refractivity contribution < 1.29 is 0 Å². The summed E-state index contributed by atoms with van der Waals surface area (Å²) >= 11 is 0. The highest BCUT2D eigenvalue weighted by Crippen LogP contribution is 2.11. The number of anilines is 1. The fourth-order valence-electron chi connectivity index (χ4n) is 1.80. The number of benzene rings is 1. The first-order valence-electron chi connectivity index (χ1n) is 6.10. The van der Waals surface area contributed by atoms with Crippen LogP contribution in [0, 0.1) is 0 Å². The van der Waals surface area contributed by atoms with Crippen molar-refractivity contribution >= 4 is 5.69 Å². The summed E-state index contributed by atoms with van der Waals surface area (Å²) in [5.74, 6) is 0. The predicted octanol–water partition coefficient (Wildman–Crippen LogP) is 2.76. The average molecular weight is 241 g/mol. The van der Waals surface area contributed by atoms with Gasteiger partial charge in [0.05, 0.1) is 0 Å². The average Bonchev–Trinajstić information content (AvgIpc) is 2.38. The largest absolute Gasteiger partial charge is 0.381 e. The smallest absolute Gasteiger partial charge is 0.0416 e. The van der Waals surface area contributed by atoms with Gasteiger partial charge < -0.3 is 10.2 Å². The minimum absolute atomic E-state index is 0.806. The monoisotopic (exact) mass is 241 g/mol. The molecule has 0 amide bonds. The van der Waals surface area contributed by atoms with Crippen molar-refractivity contribution in [2.45, 2.75) is 13.1 Å². The molecule has 0 atom stereocenters. The van der Waals surface area contributed by atoms with Crippen molar-refractivity contribution in [2.24, 2.45) is 0 Å². The Balaban J connectivity index is 1.90. The standard InChI is InChI=1S/C15H19N3/c1-18(2)12-13-5-7-15(8-6-13)17-11-14-4-3-9-16-10-14/h3-10,17H,11-12H2,1-2H3. The Hall–Kier alpha value is -1.87. The zero-order chi connectivity index (χ0) is 12.8. The minimum Gasteiger partial charge on any atom is -0.381 e. The maximum absolute atomic E-state index is 4.10. The summed E-state index contributed by atoms with van der Waals surface area (Å²) in [6.45, 7) is 1.78. The van der Waals surface area contributed by atoms with Crippen LogP contribution in [0.1, 0.15) is 11.1 Å². The van der Waals surface area contributed by atoms with Gasteiger partial charge in [0.1, 0.15) is 0 Å². The van der Waals surface area contributed by atoms with Gasteiger partial charge in [-0.2, -0.15) is 0 Å². The third-order valence-corrected chi connectivity index (χ3v) is 2.67. The molecule has 1 N–H and O–H groups in total. The Morgan fingerprint density at radius 3 is 2.44 bits per heavy atom. The van der Waals surface area contributed by atoms with Crippen LogP contribution in [-0.2, 0) is 13.1 Å². The summed E-state index contributed by atoms with van der Waals surface area (Å²) in [6, 6.07) is 12.6. The molecule has 2 aromatic rings. The highest BCUT2D eigenvalue weighted by atomic mass is 15.0. The van der Waals surface area contributed by atoms with Gasteiger partial charge in [-0.05, 0) is 43.4 Å². The van der Waals surface area contributed by atoms with Gasteiger partial charge in [0.25, 0.3) is 0 Å². The number of rotatable bonds is 5. The van der Waals surface area contributed by atoms with Crippen molar-refractivity contribution in [1.29, 1.82) is 0 Å². The summed E-state index contributed by atoms with van der Waals surface area (Å²) in [5, 5.41) is 3.39. The molecule has 1 aromatic heterocycles. The molecule has 0 spiro atoms. The maximum Gasteiger partial charge on any atom is 0.0416 e. The van der Waals surface area contributed by atoms with Crippen molar-refractivity contribution in [3.8, 4) is 0 Å². The molecule has 3 nitrogen and oxygen atoms in total. The van der Waals surface area contributed by atoms with Crippen LogP contribution < -0.4 is 5.32 Å². The fourth-order valence-corrected chi connectivity index (χ4v) is 1.80. The van der Waals surface area contributed by atoms with Crippen molar-refractivity contribution in [3.63, 3.8) is 0 Å². The number of hydrogen-bond donors (Lipinski definition) is 1. The van der Waals surface area contributed by atoms with Gasteiger partial charge in [-0.15, -0.1) is 0 Å². The number of hydrogen-bond acceptors (Lipinski definition) is 3. The third-order valence-electron chi connectivity index (χ3n) is 2.67. The topological polar surface area (TPSA) is 28.2 Å². The summed E-state index contributed by atoms with van der Waals surface area (Å²) < 4.78 is 0. The lowest BCUT2D eigenvalue weighted by Crippen LogP contribution is -2.10. The minimum atomic E-state index is 0.806. The van der Waals surface area contributed by atoms with Crippen molar-refractivity contribution in [2.75, 3.05) is 19.4 Å². The van der Waals surface area contributed by atoms with Crippen LogP contribution in [0.3, 0.4) is 0 Å². The van der Waals surface area contributed by atoms with Crippen LogP contribution in [0.25, 0.3) is 0 Å². The molecule has 0 saturated carbocycles. The van der Waals surface area contributed by atoms with Gasteiger partial charge in [0.15, 0.2) is 0 Å². The fraction of sp³-hybridized carbons (Fsp3) is 0.267. The molecule has 3 heteroatoms. The molecular formula is C15H19N3. The molecule has 0 aliphatic heterocycles. The normalized spacial score (nSPS) is 10.6. The van der Waals surface area contributed by atoms with Gasteiger partial charge >= 0.3 is 0 Å². The van der Waals surface area contributed by atoms with Gasteiger partial charge in [0, 0.05) is 31.2 Å². The molecule has 0 unspecified atom stereocenters.